The largest absolute Gasteiger partial charge is 0.0893 e. The van der Waals surface area contributed by atoms with Crippen LogP contribution in [0.25, 0.3) is 20.9 Å². The van der Waals surface area contributed by atoms with Gasteiger partial charge >= 0.3 is 0 Å². The maximum Gasteiger partial charge on any atom is 0.0516 e. The SMILES string of the molecule is Cc1c(C)c(CN=[N+]=[N-])c(C)c(C)c1CN=[N+]=[N-]. The molecule has 0 N–H and O–H groups in total. The molecule has 94 valence electrons. The van der Waals surface area contributed by atoms with E-state index in [0.717, 1.165) is 33.4 Å². The molecule has 1 aromatic carbocycles. The Bertz CT molecular complexity index is 482. The summed E-state index contributed by atoms with van der Waals surface area (Å²) in [5.41, 5.74) is 23.4. The topological polar surface area (TPSA) is 97.5 Å². The predicted octanol–water partition coefficient (Wildman–Crippen LogP) is 4.54. The molecule has 0 fully saturated rings. The fraction of sp³-hybridized carbons (Fsp3) is 0.500. The van der Waals surface area contributed by atoms with Crippen LogP contribution in [0.3, 0.4) is 0 Å². The van der Waals surface area contributed by atoms with E-state index in [4.69, 9.17) is 11.1 Å². The van der Waals surface area contributed by atoms with Crippen molar-refractivity contribution in [1.29, 1.82) is 0 Å². The van der Waals surface area contributed by atoms with Gasteiger partial charge < -0.3 is 0 Å². The van der Waals surface area contributed by atoms with Gasteiger partial charge in [0.05, 0.1) is 13.1 Å². The minimum atomic E-state index is 0.359. The Balaban J connectivity index is 3.43. The summed E-state index contributed by atoms with van der Waals surface area (Å²) < 4.78 is 0. The van der Waals surface area contributed by atoms with E-state index in [1.165, 1.54) is 0 Å². The van der Waals surface area contributed by atoms with E-state index in [1.807, 2.05) is 27.7 Å². The third-order valence-electron chi connectivity index (χ3n) is 3.52. The van der Waals surface area contributed by atoms with Crippen LogP contribution >= 0.6 is 0 Å². The quantitative estimate of drug-likeness (QED) is 0.422. The molecule has 0 atom stereocenters. The van der Waals surface area contributed by atoms with Gasteiger partial charge in [0.2, 0.25) is 0 Å². The molecule has 0 aliphatic carbocycles. The number of benzene rings is 1. The Hall–Kier alpha value is -2.16. The molecule has 18 heavy (non-hydrogen) atoms. The highest BCUT2D eigenvalue weighted by Crippen LogP contribution is 2.27. The molecule has 6 heteroatoms. The van der Waals surface area contributed by atoms with Crippen molar-refractivity contribution in [3.8, 4) is 0 Å². The average Bonchev–Trinajstić information content (AvgIpc) is 2.37. The van der Waals surface area contributed by atoms with Gasteiger partial charge in [-0.25, -0.2) is 0 Å². The van der Waals surface area contributed by atoms with E-state index >= 15 is 0 Å². The van der Waals surface area contributed by atoms with Crippen molar-refractivity contribution in [1.82, 2.24) is 0 Å². The van der Waals surface area contributed by atoms with Crippen LogP contribution in [0.15, 0.2) is 10.2 Å². The minimum absolute atomic E-state index is 0.359. The Morgan fingerprint density at radius 1 is 0.722 bits per heavy atom. The maximum absolute atomic E-state index is 8.42. The molecule has 0 aliphatic heterocycles. The highest BCUT2D eigenvalue weighted by molar-refractivity contribution is 5.50. The van der Waals surface area contributed by atoms with Gasteiger partial charge in [0.1, 0.15) is 0 Å². The Kier molecular flexibility index (Phi) is 4.60. The summed E-state index contributed by atoms with van der Waals surface area (Å²) in [7, 11) is 0. The van der Waals surface area contributed by atoms with Crippen molar-refractivity contribution in [2.75, 3.05) is 0 Å². The first-order valence-corrected chi connectivity index (χ1v) is 5.64. The Morgan fingerprint density at radius 3 is 1.22 bits per heavy atom. The van der Waals surface area contributed by atoms with Gasteiger partial charge in [-0.3, -0.25) is 0 Å². The molecule has 0 heterocycles. The second-order valence-corrected chi connectivity index (χ2v) is 4.24. The van der Waals surface area contributed by atoms with Crippen LogP contribution < -0.4 is 0 Å². The van der Waals surface area contributed by atoms with Crippen LogP contribution in [0.5, 0.6) is 0 Å². The average molecular weight is 244 g/mol. The lowest BCUT2D eigenvalue weighted by Crippen LogP contribution is -2.04. The summed E-state index contributed by atoms with van der Waals surface area (Å²) in [5.74, 6) is 0. The van der Waals surface area contributed by atoms with Crippen LogP contribution in [0.2, 0.25) is 0 Å². The van der Waals surface area contributed by atoms with E-state index < -0.39 is 0 Å². The monoisotopic (exact) mass is 244 g/mol. The van der Waals surface area contributed by atoms with Gasteiger partial charge in [-0.15, -0.1) is 0 Å². The van der Waals surface area contributed by atoms with Crippen LogP contribution in [0.1, 0.15) is 33.4 Å². The van der Waals surface area contributed by atoms with Gasteiger partial charge in [0, 0.05) is 9.82 Å². The second-order valence-electron chi connectivity index (χ2n) is 4.24. The molecule has 6 nitrogen and oxygen atoms in total. The van der Waals surface area contributed by atoms with E-state index in [0.29, 0.717) is 13.1 Å². The molecule has 1 aromatic rings. The summed E-state index contributed by atoms with van der Waals surface area (Å²) in [6.07, 6.45) is 0. The zero-order chi connectivity index (χ0) is 13.7. The Labute approximate surface area is 106 Å². The fourth-order valence-electron chi connectivity index (χ4n) is 2.15. The zero-order valence-electron chi connectivity index (χ0n) is 11.1. The molecule has 1 rings (SSSR count). The molecule has 0 saturated heterocycles. The molecule has 0 aromatic heterocycles. The smallest absolute Gasteiger partial charge is 0.0516 e. The number of hydrogen-bond acceptors (Lipinski definition) is 2. The highest BCUT2D eigenvalue weighted by atomic mass is 15.1. The van der Waals surface area contributed by atoms with Crippen molar-refractivity contribution >= 4 is 0 Å². The normalized spacial score (nSPS) is 9.56. The van der Waals surface area contributed by atoms with Crippen molar-refractivity contribution in [2.24, 2.45) is 10.2 Å². The summed E-state index contributed by atoms with van der Waals surface area (Å²) >= 11 is 0. The van der Waals surface area contributed by atoms with Gasteiger partial charge in [0.25, 0.3) is 0 Å². The third kappa shape index (κ3) is 2.56. The van der Waals surface area contributed by atoms with E-state index in [-0.39, 0.29) is 0 Å². The van der Waals surface area contributed by atoms with E-state index in [1.54, 1.807) is 0 Å². The molecule has 0 radical (unpaired) electrons. The third-order valence-corrected chi connectivity index (χ3v) is 3.52. The number of rotatable bonds is 4. The molecule has 0 unspecified atom stereocenters. The second kappa shape index (κ2) is 5.96. The first-order chi connectivity index (χ1) is 8.54. The lowest BCUT2D eigenvalue weighted by atomic mass is 9.89. The zero-order valence-corrected chi connectivity index (χ0v) is 11.1. The standard InChI is InChI=1S/C12H16N6/c1-7-8(2)12(6-16-18-14)10(4)9(3)11(7)5-15-17-13/h5-6H2,1-4H3. The molecular weight excluding hydrogens is 228 g/mol. The molecular formula is C12H16N6. The highest BCUT2D eigenvalue weighted by Gasteiger charge is 2.13. The molecule has 0 aliphatic rings. The number of azide groups is 2. The van der Waals surface area contributed by atoms with Crippen molar-refractivity contribution in [3.05, 3.63) is 54.3 Å². The van der Waals surface area contributed by atoms with Crippen molar-refractivity contribution < 1.29 is 0 Å². The summed E-state index contributed by atoms with van der Waals surface area (Å²) in [5, 5.41) is 7.27. The lowest BCUT2D eigenvalue weighted by molar-refractivity contribution is 0.946. The van der Waals surface area contributed by atoms with Gasteiger partial charge in [0.15, 0.2) is 0 Å². The lowest BCUT2D eigenvalue weighted by Gasteiger charge is -2.18. The summed E-state index contributed by atoms with van der Waals surface area (Å²) in [6.45, 7) is 8.73. The molecule has 0 bridgehead atoms. The number of nitrogens with zero attached hydrogens (tertiary/aromatic N) is 6. The van der Waals surface area contributed by atoms with Crippen LogP contribution in [-0.2, 0) is 13.1 Å². The van der Waals surface area contributed by atoms with Gasteiger partial charge in [-0.1, -0.05) is 10.2 Å². The maximum atomic E-state index is 8.42. The summed E-state index contributed by atoms with van der Waals surface area (Å²) in [6, 6.07) is 0. The van der Waals surface area contributed by atoms with Crippen molar-refractivity contribution in [2.45, 2.75) is 40.8 Å². The van der Waals surface area contributed by atoms with Crippen LogP contribution in [0.4, 0.5) is 0 Å². The first-order valence-electron chi connectivity index (χ1n) is 5.64. The van der Waals surface area contributed by atoms with E-state index in [9.17, 15) is 0 Å². The minimum Gasteiger partial charge on any atom is -0.0893 e. The molecule has 0 saturated carbocycles. The predicted molar refractivity (Wildman–Crippen MR) is 71.1 cm³/mol. The van der Waals surface area contributed by atoms with Gasteiger partial charge in [-0.05, 0) is 72.1 Å². The van der Waals surface area contributed by atoms with Gasteiger partial charge in [-0.2, -0.15) is 0 Å². The summed E-state index contributed by atoms with van der Waals surface area (Å²) in [4.78, 5) is 5.61. The number of hydrogen-bond donors (Lipinski definition) is 0. The molecule has 0 spiro atoms. The fourth-order valence-corrected chi connectivity index (χ4v) is 2.15. The van der Waals surface area contributed by atoms with E-state index in [2.05, 4.69) is 20.1 Å². The first kappa shape index (κ1) is 13.9. The Morgan fingerprint density at radius 2 is 1.00 bits per heavy atom. The van der Waals surface area contributed by atoms with Crippen LogP contribution in [0, 0.1) is 27.7 Å². The van der Waals surface area contributed by atoms with Crippen molar-refractivity contribution in [3.63, 3.8) is 0 Å². The van der Waals surface area contributed by atoms with Crippen LogP contribution in [-0.4, -0.2) is 0 Å². The molecule has 0 amide bonds.